The Morgan fingerprint density at radius 2 is 2.00 bits per heavy atom. The minimum absolute atomic E-state index is 0.106. The van der Waals surface area contributed by atoms with Gasteiger partial charge in [0, 0.05) is 22.6 Å². The van der Waals surface area contributed by atoms with E-state index in [1.807, 2.05) is 31.2 Å². The largest absolute Gasteiger partial charge is 0.486 e. The van der Waals surface area contributed by atoms with Crippen LogP contribution in [0.1, 0.15) is 57.1 Å². The Morgan fingerprint density at radius 3 is 2.78 bits per heavy atom. The molecule has 0 unspecified atom stereocenters. The third-order valence-corrected chi connectivity index (χ3v) is 7.17. The number of aromatic nitrogens is 1. The highest BCUT2D eigenvalue weighted by Gasteiger charge is 2.34. The number of fused-ring (bicyclic) bond motifs is 2. The molecule has 4 aromatic rings. The molecule has 1 aliphatic heterocycles. The Balaban J connectivity index is 1.31. The maximum absolute atomic E-state index is 15.6. The summed E-state index contributed by atoms with van der Waals surface area (Å²) in [4.78, 5) is 11.2. The van der Waals surface area contributed by atoms with E-state index < -0.39 is 5.82 Å². The van der Waals surface area contributed by atoms with E-state index in [-0.39, 0.29) is 12.4 Å². The molecular formula is C29H23ClFNO4. The van der Waals surface area contributed by atoms with Crippen molar-refractivity contribution in [3.8, 4) is 28.5 Å². The van der Waals surface area contributed by atoms with Gasteiger partial charge in [-0.3, -0.25) is 4.79 Å². The Labute approximate surface area is 212 Å². The minimum atomic E-state index is -0.448. The first-order valence-corrected chi connectivity index (χ1v) is 12.4. The lowest BCUT2D eigenvalue weighted by atomic mass is 10.0. The summed E-state index contributed by atoms with van der Waals surface area (Å²) in [5.74, 6) is 1.77. The molecule has 1 fully saturated rings. The topological polar surface area (TPSA) is 61.6 Å². The Hall–Kier alpha value is -3.64. The van der Waals surface area contributed by atoms with Crippen LogP contribution in [0, 0.1) is 12.7 Å². The van der Waals surface area contributed by atoms with Gasteiger partial charge in [-0.05, 0) is 68.0 Å². The Morgan fingerprint density at radius 1 is 1.14 bits per heavy atom. The molecule has 3 aromatic carbocycles. The van der Waals surface area contributed by atoms with Gasteiger partial charge in [0.25, 0.3) is 0 Å². The highest BCUT2D eigenvalue weighted by atomic mass is 35.5. The first kappa shape index (κ1) is 22.8. The van der Waals surface area contributed by atoms with Crippen molar-refractivity contribution >= 4 is 17.9 Å². The second-order valence-corrected chi connectivity index (χ2v) is 9.72. The van der Waals surface area contributed by atoms with Gasteiger partial charge in [0.2, 0.25) is 0 Å². The third-order valence-electron chi connectivity index (χ3n) is 6.85. The van der Waals surface area contributed by atoms with Gasteiger partial charge >= 0.3 is 0 Å². The molecule has 36 heavy (non-hydrogen) atoms. The van der Waals surface area contributed by atoms with Crippen molar-refractivity contribution in [3.05, 3.63) is 92.9 Å². The highest BCUT2D eigenvalue weighted by Crippen LogP contribution is 2.46. The average Bonchev–Trinajstić information content (AvgIpc) is 3.66. The van der Waals surface area contributed by atoms with E-state index in [1.165, 1.54) is 0 Å². The van der Waals surface area contributed by atoms with Gasteiger partial charge in [-0.1, -0.05) is 41.0 Å². The second kappa shape index (κ2) is 9.10. The van der Waals surface area contributed by atoms with Crippen LogP contribution < -0.4 is 9.47 Å². The molecule has 6 rings (SSSR count). The van der Waals surface area contributed by atoms with E-state index in [0.29, 0.717) is 52.1 Å². The number of nitrogens with zero attached hydrogens (tertiary/aromatic N) is 1. The highest BCUT2D eigenvalue weighted by molar-refractivity contribution is 6.33. The molecule has 182 valence electrons. The number of hydrogen-bond donors (Lipinski definition) is 0. The summed E-state index contributed by atoms with van der Waals surface area (Å²) in [5, 5.41) is 4.93. The fourth-order valence-electron chi connectivity index (χ4n) is 4.75. The summed E-state index contributed by atoms with van der Waals surface area (Å²) >= 11 is 6.52. The fourth-order valence-corrected chi connectivity index (χ4v) is 5.06. The van der Waals surface area contributed by atoms with Crippen molar-refractivity contribution < 1.29 is 23.2 Å². The van der Waals surface area contributed by atoms with Gasteiger partial charge < -0.3 is 14.0 Å². The fraction of sp³-hybridized carbons (Fsp3) is 0.241. The van der Waals surface area contributed by atoms with Gasteiger partial charge in [-0.25, -0.2) is 4.39 Å². The van der Waals surface area contributed by atoms with Crippen molar-refractivity contribution in [1.29, 1.82) is 0 Å². The molecule has 1 saturated carbocycles. The van der Waals surface area contributed by atoms with Crippen molar-refractivity contribution in [2.45, 2.75) is 45.1 Å². The van der Waals surface area contributed by atoms with Crippen molar-refractivity contribution in [1.82, 2.24) is 5.16 Å². The summed E-state index contributed by atoms with van der Waals surface area (Å²) in [6, 6.07) is 14.3. The molecule has 7 heteroatoms. The number of aldehydes is 1. The van der Waals surface area contributed by atoms with Gasteiger partial charge in [0.1, 0.15) is 35.8 Å². The molecule has 5 nitrogen and oxygen atoms in total. The van der Waals surface area contributed by atoms with Crippen LogP contribution in [-0.2, 0) is 19.4 Å². The van der Waals surface area contributed by atoms with E-state index in [9.17, 15) is 4.79 Å². The first-order valence-electron chi connectivity index (χ1n) is 12.0. The molecule has 0 spiro atoms. The standard InChI is InChI=1S/C29H23ClFNO4/c1-16-3-2-4-22(30)26(16)28-21(29(36-32-28)19-7-8-19)15-34-24-12-11-23-20(27(24)31)10-9-18-6-5-17(14-33)13-25(18)35-23/h2-6,11-14,19H,7-10,15H2,1H3. The Bertz CT molecular complexity index is 1470. The van der Waals surface area contributed by atoms with Gasteiger partial charge in [0.05, 0.1) is 10.6 Å². The lowest BCUT2D eigenvalue weighted by Crippen LogP contribution is -2.04. The minimum Gasteiger partial charge on any atom is -0.486 e. The number of carbonyl (C=O) groups excluding carboxylic acids is 1. The third kappa shape index (κ3) is 4.05. The zero-order valence-corrected chi connectivity index (χ0v) is 20.4. The molecule has 0 N–H and O–H groups in total. The molecule has 1 aliphatic carbocycles. The number of ether oxygens (including phenoxy) is 2. The van der Waals surface area contributed by atoms with Crippen LogP contribution in [0.2, 0.25) is 5.02 Å². The van der Waals surface area contributed by atoms with Crippen LogP contribution in [-0.4, -0.2) is 11.4 Å². The van der Waals surface area contributed by atoms with Crippen LogP contribution in [0.4, 0.5) is 4.39 Å². The molecule has 0 amide bonds. The summed E-state index contributed by atoms with van der Waals surface area (Å²) < 4.78 is 33.4. The number of rotatable bonds is 6. The first-order chi connectivity index (χ1) is 17.5. The molecule has 1 aromatic heterocycles. The van der Waals surface area contributed by atoms with E-state index >= 15 is 4.39 Å². The molecule has 0 saturated heterocycles. The van der Waals surface area contributed by atoms with Crippen molar-refractivity contribution in [2.75, 3.05) is 0 Å². The number of halogens is 2. The molecule has 2 aliphatic rings. The smallest absolute Gasteiger partial charge is 0.171 e. The zero-order valence-electron chi connectivity index (χ0n) is 19.6. The van der Waals surface area contributed by atoms with Gasteiger partial charge in [-0.2, -0.15) is 0 Å². The van der Waals surface area contributed by atoms with Crippen molar-refractivity contribution in [3.63, 3.8) is 0 Å². The number of benzene rings is 3. The number of aryl methyl sites for hydroxylation is 2. The second-order valence-electron chi connectivity index (χ2n) is 9.31. The average molecular weight is 504 g/mol. The Kier molecular flexibility index (Phi) is 5.76. The predicted molar refractivity (Wildman–Crippen MR) is 134 cm³/mol. The maximum atomic E-state index is 15.6. The lowest BCUT2D eigenvalue weighted by molar-refractivity contribution is 0.112. The maximum Gasteiger partial charge on any atom is 0.171 e. The van der Waals surface area contributed by atoms with Crippen LogP contribution in [0.3, 0.4) is 0 Å². The quantitative estimate of drug-likeness (QED) is 0.253. The van der Waals surface area contributed by atoms with Crippen molar-refractivity contribution in [2.24, 2.45) is 0 Å². The number of hydrogen-bond acceptors (Lipinski definition) is 5. The summed E-state index contributed by atoms with van der Waals surface area (Å²) in [6.45, 7) is 2.08. The van der Waals surface area contributed by atoms with Crippen LogP contribution in [0.15, 0.2) is 53.1 Å². The van der Waals surface area contributed by atoms with Gasteiger partial charge in [-0.15, -0.1) is 0 Å². The monoisotopic (exact) mass is 503 g/mol. The summed E-state index contributed by atoms with van der Waals surface area (Å²) in [7, 11) is 0. The van der Waals surface area contributed by atoms with E-state index in [4.69, 9.17) is 25.6 Å². The molecule has 0 atom stereocenters. The molecule has 2 heterocycles. The number of carbonyl (C=O) groups is 1. The molecular weight excluding hydrogens is 481 g/mol. The zero-order chi connectivity index (χ0) is 24.8. The summed E-state index contributed by atoms with van der Waals surface area (Å²) in [5.41, 5.74) is 5.11. The van der Waals surface area contributed by atoms with E-state index in [2.05, 4.69) is 5.16 Å². The van der Waals surface area contributed by atoms with Crippen LogP contribution >= 0.6 is 11.6 Å². The van der Waals surface area contributed by atoms with E-state index in [1.54, 1.807) is 24.3 Å². The van der Waals surface area contributed by atoms with Crippen LogP contribution in [0.5, 0.6) is 17.2 Å². The van der Waals surface area contributed by atoms with Crippen LogP contribution in [0.25, 0.3) is 11.3 Å². The SMILES string of the molecule is Cc1cccc(Cl)c1-c1noc(C2CC2)c1COc1ccc2c(c1F)CCc1ccc(C=O)cc1O2. The van der Waals surface area contributed by atoms with E-state index in [0.717, 1.165) is 47.1 Å². The summed E-state index contributed by atoms with van der Waals surface area (Å²) in [6.07, 6.45) is 3.87. The predicted octanol–water partition coefficient (Wildman–Crippen LogP) is 7.60. The lowest BCUT2D eigenvalue weighted by Gasteiger charge is -2.14. The molecule has 0 radical (unpaired) electrons. The molecule has 0 bridgehead atoms. The normalized spacial score (nSPS) is 14.4. The van der Waals surface area contributed by atoms with Gasteiger partial charge in [0.15, 0.2) is 11.6 Å².